The second-order valence-electron chi connectivity index (χ2n) is 15.8. The Morgan fingerprint density at radius 3 is 1.72 bits per heavy atom. The molecular weight excluding hydrogens is 676 g/mol. The van der Waals surface area contributed by atoms with Crippen molar-refractivity contribution in [3.8, 4) is 11.5 Å². The number of benzene rings is 4. The van der Waals surface area contributed by atoms with Gasteiger partial charge in [0.1, 0.15) is 11.5 Å². The number of hydrogen-bond acceptors (Lipinski definition) is 6. The molecule has 0 aromatic heterocycles. The second kappa shape index (κ2) is 19.8. The van der Waals surface area contributed by atoms with Crippen molar-refractivity contribution < 1.29 is 10.2 Å². The van der Waals surface area contributed by atoms with Gasteiger partial charge in [0.05, 0.1) is 0 Å². The SMILES string of the molecule is Cc1cc(CN(CCC2CCCN2C)Cc2cccc(O)c2)cc(C)c1C.Cc1ccc(CN(CCC2CCCN2C)Cc2ccc(O)cc2Cl)cc1. The van der Waals surface area contributed by atoms with Crippen LogP contribution in [0.5, 0.6) is 11.5 Å². The van der Waals surface area contributed by atoms with Crippen LogP contribution in [0, 0.1) is 27.7 Å². The smallest absolute Gasteiger partial charge is 0.117 e. The van der Waals surface area contributed by atoms with Crippen LogP contribution in [0.4, 0.5) is 0 Å². The summed E-state index contributed by atoms with van der Waals surface area (Å²) in [5.74, 6) is 0.571. The average molecular weight is 739 g/mol. The van der Waals surface area contributed by atoms with Gasteiger partial charge in [-0.15, -0.1) is 0 Å². The summed E-state index contributed by atoms with van der Waals surface area (Å²) in [6.45, 7) is 16.8. The van der Waals surface area contributed by atoms with Crippen LogP contribution in [0.25, 0.3) is 0 Å². The Morgan fingerprint density at radius 2 is 1.17 bits per heavy atom. The van der Waals surface area contributed by atoms with E-state index in [0.717, 1.165) is 44.8 Å². The average Bonchev–Trinajstić information content (AvgIpc) is 3.73. The molecule has 6 nitrogen and oxygen atoms in total. The van der Waals surface area contributed by atoms with E-state index in [1.807, 2.05) is 18.2 Å². The largest absolute Gasteiger partial charge is 0.508 e. The van der Waals surface area contributed by atoms with E-state index in [9.17, 15) is 10.2 Å². The third-order valence-corrected chi connectivity index (χ3v) is 11.9. The lowest BCUT2D eigenvalue weighted by Crippen LogP contribution is -2.31. The Hall–Kier alpha value is -3.39. The van der Waals surface area contributed by atoms with Gasteiger partial charge in [-0.25, -0.2) is 0 Å². The van der Waals surface area contributed by atoms with Crippen molar-refractivity contribution in [1.29, 1.82) is 0 Å². The molecule has 53 heavy (non-hydrogen) atoms. The maximum Gasteiger partial charge on any atom is 0.117 e. The van der Waals surface area contributed by atoms with Crippen molar-refractivity contribution in [2.24, 2.45) is 0 Å². The molecule has 0 aliphatic carbocycles. The number of aryl methyl sites for hydroxylation is 3. The lowest BCUT2D eigenvalue weighted by atomic mass is 10.00. The third kappa shape index (κ3) is 12.6. The second-order valence-corrected chi connectivity index (χ2v) is 16.2. The van der Waals surface area contributed by atoms with Gasteiger partial charge in [-0.1, -0.05) is 71.8 Å². The molecule has 0 radical (unpaired) electrons. The van der Waals surface area contributed by atoms with Crippen LogP contribution < -0.4 is 0 Å². The van der Waals surface area contributed by atoms with Crippen LogP contribution >= 0.6 is 11.6 Å². The van der Waals surface area contributed by atoms with Crippen LogP contribution in [-0.4, -0.2) is 82.2 Å². The lowest BCUT2D eigenvalue weighted by Gasteiger charge is -2.27. The molecule has 2 N–H and O–H groups in total. The molecule has 6 rings (SSSR count). The van der Waals surface area contributed by atoms with E-state index in [0.29, 0.717) is 22.9 Å². The Labute approximate surface area is 325 Å². The predicted molar refractivity (Wildman–Crippen MR) is 222 cm³/mol. The van der Waals surface area contributed by atoms with E-state index in [-0.39, 0.29) is 5.75 Å². The Morgan fingerprint density at radius 1 is 0.623 bits per heavy atom. The zero-order valence-electron chi connectivity index (χ0n) is 33.1. The molecule has 0 bridgehead atoms. The van der Waals surface area contributed by atoms with E-state index in [1.54, 1.807) is 18.2 Å². The minimum absolute atomic E-state index is 0.219. The molecule has 286 valence electrons. The van der Waals surface area contributed by atoms with Crippen LogP contribution in [0.1, 0.15) is 83.0 Å². The molecule has 2 atom stereocenters. The minimum Gasteiger partial charge on any atom is -0.508 e. The van der Waals surface area contributed by atoms with Crippen LogP contribution in [0.2, 0.25) is 5.02 Å². The third-order valence-electron chi connectivity index (χ3n) is 11.6. The molecule has 2 saturated heterocycles. The van der Waals surface area contributed by atoms with Crippen molar-refractivity contribution in [2.75, 3.05) is 40.3 Å². The van der Waals surface area contributed by atoms with Gasteiger partial charge in [-0.3, -0.25) is 9.80 Å². The molecule has 0 saturated carbocycles. The minimum atomic E-state index is 0.219. The fraction of sp³-hybridized carbons (Fsp3) is 0.478. The van der Waals surface area contributed by atoms with Crippen molar-refractivity contribution >= 4 is 11.6 Å². The summed E-state index contributed by atoms with van der Waals surface area (Å²) in [5.41, 5.74) is 10.4. The summed E-state index contributed by atoms with van der Waals surface area (Å²) < 4.78 is 0. The highest BCUT2D eigenvalue weighted by atomic mass is 35.5. The van der Waals surface area contributed by atoms with Crippen molar-refractivity contribution in [2.45, 2.75) is 104 Å². The highest BCUT2D eigenvalue weighted by Gasteiger charge is 2.23. The Kier molecular flexibility index (Phi) is 15.2. The summed E-state index contributed by atoms with van der Waals surface area (Å²) in [5, 5.41) is 20.1. The van der Waals surface area contributed by atoms with E-state index in [4.69, 9.17) is 11.6 Å². The van der Waals surface area contributed by atoms with Gasteiger partial charge in [-0.2, -0.15) is 0 Å². The summed E-state index contributed by atoms with van der Waals surface area (Å²) >= 11 is 6.35. The maximum absolute atomic E-state index is 9.83. The number of phenolic OH excluding ortho intramolecular Hbond substituents is 2. The van der Waals surface area contributed by atoms with Gasteiger partial charge in [0.25, 0.3) is 0 Å². The topological polar surface area (TPSA) is 53.4 Å². The van der Waals surface area contributed by atoms with E-state index in [1.165, 1.54) is 90.6 Å². The van der Waals surface area contributed by atoms with Crippen molar-refractivity contribution in [3.05, 3.63) is 128 Å². The first-order valence-electron chi connectivity index (χ1n) is 19.7. The lowest BCUT2D eigenvalue weighted by molar-refractivity contribution is 0.211. The molecule has 2 unspecified atom stereocenters. The fourth-order valence-electron chi connectivity index (χ4n) is 8.02. The summed E-state index contributed by atoms with van der Waals surface area (Å²) in [4.78, 5) is 9.99. The number of halogens is 1. The maximum atomic E-state index is 9.83. The number of nitrogens with zero attached hydrogens (tertiary/aromatic N) is 4. The zero-order valence-corrected chi connectivity index (χ0v) is 33.9. The monoisotopic (exact) mass is 738 g/mol. The van der Waals surface area contributed by atoms with Gasteiger partial charge < -0.3 is 20.0 Å². The number of rotatable bonds is 14. The first kappa shape index (κ1) is 40.8. The van der Waals surface area contributed by atoms with Gasteiger partial charge in [0, 0.05) is 56.4 Å². The standard InChI is InChI=1S/C24H34N2O.C22H29ClN2O/c1-18-13-22(14-19(2)20(18)3)17-26(12-10-23-8-6-11-25(23)4)16-21-7-5-9-24(27)15-21;1-17-5-7-18(8-6-17)15-25(13-11-20-4-3-12-24(20)2)16-19-9-10-21(26)14-22(19)23/h5,7,9,13-15,23,27H,6,8,10-12,16-17H2,1-4H3;5-10,14,20,26H,3-4,11-13,15-16H2,1-2H3. The predicted octanol–water partition coefficient (Wildman–Crippen LogP) is 9.64. The molecule has 4 aromatic carbocycles. The molecule has 2 aliphatic rings. The highest BCUT2D eigenvalue weighted by molar-refractivity contribution is 6.31. The number of aromatic hydroxyl groups is 2. The van der Waals surface area contributed by atoms with E-state index in [2.05, 4.69) is 104 Å². The van der Waals surface area contributed by atoms with Gasteiger partial charge in [-0.05, 0) is 157 Å². The molecule has 2 heterocycles. The first-order valence-corrected chi connectivity index (χ1v) is 20.0. The Balaban J connectivity index is 0.000000204. The molecule has 0 amide bonds. The molecule has 0 spiro atoms. The van der Waals surface area contributed by atoms with E-state index >= 15 is 0 Å². The molecule has 7 heteroatoms. The summed E-state index contributed by atoms with van der Waals surface area (Å²) in [6, 6.07) is 27.8. The van der Waals surface area contributed by atoms with Crippen LogP contribution in [-0.2, 0) is 26.2 Å². The normalized spacial score (nSPS) is 17.8. The van der Waals surface area contributed by atoms with Crippen LogP contribution in [0.3, 0.4) is 0 Å². The van der Waals surface area contributed by atoms with E-state index < -0.39 is 0 Å². The van der Waals surface area contributed by atoms with Crippen molar-refractivity contribution in [1.82, 2.24) is 19.6 Å². The van der Waals surface area contributed by atoms with Crippen LogP contribution in [0.15, 0.2) is 78.9 Å². The van der Waals surface area contributed by atoms with Gasteiger partial charge in [0.15, 0.2) is 0 Å². The summed E-state index contributed by atoms with van der Waals surface area (Å²) in [6.07, 6.45) is 7.64. The molecular formula is C46H63ClN4O2. The number of likely N-dealkylation sites (tertiary alicyclic amines) is 2. The molecule has 2 fully saturated rings. The quantitative estimate of drug-likeness (QED) is 0.134. The fourth-order valence-corrected chi connectivity index (χ4v) is 8.26. The first-order chi connectivity index (χ1) is 25.4. The van der Waals surface area contributed by atoms with Gasteiger partial charge in [0.2, 0.25) is 0 Å². The molecule has 4 aromatic rings. The van der Waals surface area contributed by atoms with Gasteiger partial charge >= 0.3 is 0 Å². The zero-order chi connectivity index (χ0) is 37.9. The number of phenols is 2. The highest BCUT2D eigenvalue weighted by Crippen LogP contribution is 2.26. The number of hydrogen-bond donors (Lipinski definition) is 2. The Bertz CT molecular complexity index is 1720. The molecule has 2 aliphatic heterocycles. The van der Waals surface area contributed by atoms with Crippen molar-refractivity contribution in [3.63, 3.8) is 0 Å². The summed E-state index contributed by atoms with van der Waals surface area (Å²) in [7, 11) is 4.49.